The molecule has 3 N–H and O–H groups in total. The minimum absolute atomic E-state index is 0.0386. The minimum atomic E-state index is -1.18. The van der Waals surface area contributed by atoms with Crippen LogP contribution in [0.4, 0.5) is 4.79 Å². The predicted octanol–water partition coefficient (Wildman–Crippen LogP) is 3.07. The lowest BCUT2D eigenvalue weighted by atomic mass is 9.75. The predicted molar refractivity (Wildman–Crippen MR) is 116 cm³/mol. The molecule has 168 valence electrons. The third kappa shape index (κ3) is 4.75. The largest absolute Gasteiger partial charge is 0.479 e. The number of hydrogen-bond donors (Lipinski definition) is 3. The van der Waals surface area contributed by atoms with Gasteiger partial charge in [-0.1, -0.05) is 55.0 Å². The molecule has 0 aliphatic heterocycles. The second-order valence-corrected chi connectivity index (χ2v) is 8.15. The first-order valence-corrected chi connectivity index (χ1v) is 10.8. The third-order valence-corrected chi connectivity index (χ3v) is 6.23. The molecule has 1 fully saturated rings. The topological polar surface area (TPSA) is 114 Å². The molecular formula is C24H26N2O6. The molecule has 0 spiro atoms. The van der Waals surface area contributed by atoms with Crippen LogP contribution in [0.2, 0.25) is 0 Å². The molecule has 1 saturated carbocycles. The van der Waals surface area contributed by atoms with Crippen molar-refractivity contribution in [2.45, 2.75) is 25.2 Å². The Kier molecular flexibility index (Phi) is 6.70. The maximum Gasteiger partial charge on any atom is 0.407 e. The van der Waals surface area contributed by atoms with Gasteiger partial charge in [-0.2, -0.15) is 0 Å². The van der Waals surface area contributed by atoms with Crippen LogP contribution in [0.15, 0.2) is 48.5 Å². The van der Waals surface area contributed by atoms with E-state index < -0.39 is 30.5 Å². The maximum atomic E-state index is 12.4. The van der Waals surface area contributed by atoms with E-state index in [2.05, 4.69) is 35.1 Å². The van der Waals surface area contributed by atoms with E-state index in [0.717, 1.165) is 41.5 Å². The van der Waals surface area contributed by atoms with Crippen LogP contribution in [0.3, 0.4) is 0 Å². The highest BCUT2D eigenvalue weighted by Gasteiger charge is 2.34. The number of carbonyl (C=O) groups excluding carboxylic acids is 2. The average Bonchev–Trinajstić information content (AvgIpc) is 3.07. The van der Waals surface area contributed by atoms with Crippen molar-refractivity contribution in [3.8, 4) is 11.1 Å². The van der Waals surface area contributed by atoms with Crippen molar-refractivity contribution in [2.24, 2.45) is 11.8 Å². The number of benzene rings is 2. The summed E-state index contributed by atoms with van der Waals surface area (Å²) in [4.78, 5) is 40.1. The van der Waals surface area contributed by atoms with Crippen LogP contribution in [0.1, 0.15) is 36.3 Å². The van der Waals surface area contributed by atoms with Crippen LogP contribution in [-0.4, -0.2) is 42.8 Å². The van der Waals surface area contributed by atoms with Gasteiger partial charge < -0.3 is 15.2 Å². The van der Waals surface area contributed by atoms with Gasteiger partial charge in [-0.3, -0.25) is 9.63 Å². The summed E-state index contributed by atoms with van der Waals surface area (Å²) < 4.78 is 5.52. The number of carboxylic acids is 1. The molecule has 32 heavy (non-hydrogen) atoms. The molecule has 2 aromatic carbocycles. The Balaban J connectivity index is 1.32. The first-order chi connectivity index (χ1) is 15.5. The molecule has 1 atom stereocenters. The molecule has 2 aliphatic carbocycles. The van der Waals surface area contributed by atoms with E-state index in [0.29, 0.717) is 0 Å². The third-order valence-electron chi connectivity index (χ3n) is 6.23. The van der Waals surface area contributed by atoms with Gasteiger partial charge in [-0.25, -0.2) is 15.1 Å². The summed E-state index contributed by atoms with van der Waals surface area (Å²) in [5.41, 5.74) is 6.74. The number of alkyl carbamates (subject to hydrolysis) is 1. The fraction of sp³-hybridized carbons (Fsp3) is 0.375. The number of hydrogen-bond acceptors (Lipinski definition) is 5. The molecule has 2 aliphatic rings. The monoisotopic (exact) mass is 438 g/mol. The number of nitrogens with one attached hydrogen (secondary N) is 2. The van der Waals surface area contributed by atoms with Crippen molar-refractivity contribution < 1.29 is 29.1 Å². The van der Waals surface area contributed by atoms with Crippen molar-refractivity contribution in [3.05, 3.63) is 59.7 Å². The summed E-state index contributed by atoms with van der Waals surface area (Å²) in [6.45, 7) is -0.325. The quantitative estimate of drug-likeness (QED) is 0.519. The highest BCUT2D eigenvalue weighted by Crippen LogP contribution is 2.44. The van der Waals surface area contributed by atoms with Crippen LogP contribution in [0.25, 0.3) is 11.1 Å². The summed E-state index contributed by atoms with van der Waals surface area (Å²) >= 11 is 0. The van der Waals surface area contributed by atoms with Crippen molar-refractivity contribution in [3.63, 3.8) is 0 Å². The van der Waals surface area contributed by atoms with Crippen molar-refractivity contribution in [1.82, 2.24) is 10.8 Å². The Morgan fingerprint density at radius 1 is 1.00 bits per heavy atom. The van der Waals surface area contributed by atoms with Gasteiger partial charge in [-0.05, 0) is 41.0 Å². The number of aliphatic carboxylic acids is 1. The SMILES string of the molecule is O=C(O)CONC(=O)C(CNC(=O)OCC1c2ccccc2-c2ccccc21)C1CCC1. The molecule has 4 rings (SSSR count). The highest BCUT2D eigenvalue weighted by molar-refractivity contribution is 5.80. The zero-order valence-corrected chi connectivity index (χ0v) is 17.6. The van der Waals surface area contributed by atoms with E-state index in [-0.39, 0.29) is 25.0 Å². The molecule has 1 unspecified atom stereocenters. The van der Waals surface area contributed by atoms with Gasteiger partial charge in [0, 0.05) is 12.5 Å². The minimum Gasteiger partial charge on any atom is -0.479 e. The number of carbonyl (C=O) groups is 3. The second-order valence-electron chi connectivity index (χ2n) is 8.15. The van der Waals surface area contributed by atoms with E-state index in [1.165, 1.54) is 0 Å². The molecular weight excluding hydrogens is 412 g/mol. The molecule has 8 heteroatoms. The summed E-state index contributed by atoms with van der Waals surface area (Å²) in [6, 6.07) is 16.2. The van der Waals surface area contributed by atoms with Crippen molar-refractivity contribution >= 4 is 18.0 Å². The lowest BCUT2D eigenvalue weighted by molar-refractivity contribution is -0.151. The van der Waals surface area contributed by atoms with Crippen LogP contribution in [0.5, 0.6) is 0 Å². The number of hydroxylamine groups is 1. The molecule has 0 saturated heterocycles. The Morgan fingerprint density at radius 3 is 2.19 bits per heavy atom. The van der Waals surface area contributed by atoms with Crippen LogP contribution in [0, 0.1) is 11.8 Å². The second kappa shape index (κ2) is 9.82. The molecule has 0 bridgehead atoms. The Hall–Kier alpha value is -3.39. The smallest absolute Gasteiger partial charge is 0.407 e. The van der Waals surface area contributed by atoms with Gasteiger partial charge in [0.2, 0.25) is 5.91 Å². The van der Waals surface area contributed by atoms with E-state index >= 15 is 0 Å². The zero-order chi connectivity index (χ0) is 22.5. The summed E-state index contributed by atoms with van der Waals surface area (Å²) in [6.07, 6.45) is 2.19. The van der Waals surface area contributed by atoms with Gasteiger partial charge in [0.15, 0.2) is 6.61 Å². The van der Waals surface area contributed by atoms with E-state index in [1.807, 2.05) is 24.3 Å². The molecule has 8 nitrogen and oxygen atoms in total. The fourth-order valence-corrected chi connectivity index (χ4v) is 4.40. The lowest BCUT2D eigenvalue weighted by Crippen LogP contribution is -2.44. The number of carboxylic acid groups (broad SMARTS) is 1. The van der Waals surface area contributed by atoms with E-state index in [1.54, 1.807) is 0 Å². The normalized spacial score (nSPS) is 15.8. The molecule has 0 radical (unpaired) electrons. The van der Waals surface area contributed by atoms with Gasteiger partial charge >= 0.3 is 12.1 Å². The first-order valence-electron chi connectivity index (χ1n) is 10.8. The van der Waals surface area contributed by atoms with Crippen LogP contribution in [-0.2, 0) is 19.2 Å². The molecule has 2 amide bonds. The van der Waals surface area contributed by atoms with Crippen molar-refractivity contribution in [1.29, 1.82) is 0 Å². The molecule has 2 aromatic rings. The van der Waals surface area contributed by atoms with Gasteiger partial charge in [0.1, 0.15) is 6.61 Å². The van der Waals surface area contributed by atoms with Gasteiger partial charge in [-0.15, -0.1) is 0 Å². The van der Waals surface area contributed by atoms with Gasteiger partial charge in [0.05, 0.1) is 5.92 Å². The molecule has 0 heterocycles. The van der Waals surface area contributed by atoms with Crippen LogP contribution >= 0.6 is 0 Å². The zero-order valence-electron chi connectivity index (χ0n) is 17.6. The van der Waals surface area contributed by atoms with E-state index in [4.69, 9.17) is 14.7 Å². The fourth-order valence-electron chi connectivity index (χ4n) is 4.40. The lowest BCUT2D eigenvalue weighted by Gasteiger charge is -2.32. The van der Waals surface area contributed by atoms with Crippen molar-refractivity contribution in [2.75, 3.05) is 19.8 Å². The number of rotatable bonds is 9. The molecule has 0 aromatic heterocycles. The summed E-state index contributed by atoms with van der Waals surface area (Å²) in [7, 11) is 0. The maximum absolute atomic E-state index is 12.4. The summed E-state index contributed by atoms with van der Waals surface area (Å²) in [5.74, 6) is -2.03. The highest BCUT2D eigenvalue weighted by atomic mass is 16.7. The summed E-state index contributed by atoms with van der Waals surface area (Å²) in [5, 5.41) is 11.3. The standard InChI is InChI=1S/C24H26N2O6/c27-22(28)14-32-26-23(29)20(15-6-5-7-15)12-25-24(30)31-13-21-18-10-3-1-8-16(18)17-9-2-4-11-19(17)21/h1-4,8-11,15,20-21H,5-7,12-14H2,(H,25,30)(H,26,29)(H,27,28). The average molecular weight is 438 g/mol. The number of amides is 2. The Bertz CT molecular complexity index is 958. The van der Waals surface area contributed by atoms with E-state index in [9.17, 15) is 14.4 Å². The number of fused-ring (bicyclic) bond motifs is 3. The van der Waals surface area contributed by atoms with Crippen LogP contribution < -0.4 is 10.8 Å². The van der Waals surface area contributed by atoms with Gasteiger partial charge in [0.25, 0.3) is 0 Å². The Labute approximate surface area is 185 Å². The Morgan fingerprint density at radius 2 is 1.62 bits per heavy atom. The first kappa shape index (κ1) is 21.8. The number of ether oxygens (including phenoxy) is 1.